The van der Waals surface area contributed by atoms with Gasteiger partial charge >= 0.3 is 5.97 Å². The molecule has 2 aliphatic heterocycles. The van der Waals surface area contributed by atoms with Crippen LogP contribution >= 0.6 is 0 Å². The molecule has 4 heterocycles. The van der Waals surface area contributed by atoms with Gasteiger partial charge in [0, 0.05) is 57.6 Å². The van der Waals surface area contributed by atoms with Gasteiger partial charge < -0.3 is 29.5 Å². The molecule has 2 aliphatic rings. The maximum atomic E-state index is 13.0. The lowest BCUT2D eigenvalue weighted by Crippen LogP contribution is -2.44. The fourth-order valence-corrected chi connectivity index (χ4v) is 4.69. The predicted octanol–water partition coefficient (Wildman–Crippen LogP) is 0.629. The number of hydrogen-bond acceptors (Lipinski definition) is 8. The number of carbonyl (C=O) groups is 1. The highest BCUT2D eigenvalue weighted by atomic mass is 16.4. The van der Waals surface area contributed by atoms with Crippen molar-refractivity contribution in [3.05, 3.63) is 47.0 Å². The zero-order valence-corrected chi connectivity index (χ0v) is 19.3. The number of aryl methyl sites for hydroxylation is 1. The molecule has 2 unspecified atom stereocenters. The number of likely N-dealkylation sites (N-methyl/N-ethyl adjacent to an activating group) is 1. The third-order valence-corrected chi connectivity index (χ3v) is 6.82. The molecular formula is C24H28N6O4. The zero-order valence-electron chi connectivity index (χ0n) is 19.3. The second kappa shape index (κ2) is 8.69. The summed E-state index contributed by atoms with van der Waals surface area (Å²) >= 11 is 0. The van der Waals surface area contributed by atoms with Gasteiger partial charge in [-0.25, -0.2) is 9.97 Å². The van der Waals surface area contributed by atoms with Crippen molar-refractivity contribution in [1.82, 2.24) is 19.4 Å². The van der Waals surface area contributed by atoms with Crippen molar-refractivity contribution >= 4 is 28.4 Å². The molecule has 0 radical (unpaired) electrons. The summed E-state index contributed by atoms with van der Waals surface area (Å²) < 4.78 is 1.37. The van der Waals surface area contributed by atoms with Crippen molar-refractivity contribution in [2.24, 2.45) is 13.0 Å². The number of carboxylic acids is 1. The van der Waals surface area contributed by atoms with E-state index in [9.17, 15) is 19.8 Å². The van der Waals surface area contributed by atoms with Crippen molar-refractivity contribution in [1.29, 1.82) is 0 Å². The number of piperazine rings is 1. The number of rotatable bonds is 4. The van der Waals surface area contributed by atoms with E-state index in [-0.39, 0.29) is 18.6 Å². The van der Waals surface area contributed by atoms with Crippen LogP contribution < -0.4 is 15.4 Å². The van der Waals surface area contributed by atoms with Crippen molar-refractivity contribution in [3.63, 3.8) is 0 Å². The molecule has 0 saturated carbocycles. The average molecular weight is 465 g/mol. The molecule has 2 aromatic heterocycles. The Hall–Kier alpha value is -3.50. The van der Waals surface area contributed by atoms with Gasteiger partial charge in [-0.05, 0) is 25.2 Å². The smallest absolute Gasteiger partial charge is 0.311 e. The van der Waals surface area contributed by atoms with Crippen LogP contribution in [0, 0.1) is 5.92 Å². The Bertz CT molecular complexity index is 1280. The molecule has 2 atom stereocenters. The van der Waals surface area contributed by atoms with E-state index >= 15 is 0 Å². The standard InChI is InChI=1S/C24H28N6O4/c1-27-7-9-29(10-8-27)16-5-3-15(4-6-16)18-11-19-21(23(32)28(2)14-25-19)22(26-18)30-12-17(24(33)34)20(31)13-30/h3-6,11,14,17,20,31H,7-10,12-13H2,1-2H3,(H,33,34). The third kappa shape index (κ3) is 3.99. The lowest BCUT2D eigenvalue weighted by Gasteiger charge is -2.34. The van der Waals surface area contributed by atoms with Crippen LogP contribution in [0.5, 0.6) is 0 Å². The predicted molar refractivity (Wildman–Crippen MR) is 129 cm³/mol. The maximum absolute atomic E-state index is 13.0. The first-order valence-electron chi connectivity index (χ1n) is 11.4. The van der Waals surface area contributed by atoms with Crippen LogP contribution in [0.4, 0.5) is 11.5 Å². The molecule has 0 amide bonds. The van der Waals surface area contributed by atoms with Crippen LogP contribution in [-0.2, 0) is 11.8 Å². The molecule has 3 aromatic rings. The van der Waals surface area contributed by atoms with E-state index in [1.54, 1.807) is 18.0 Å². The Morgan fingerprint density at radius 1 is 1.03 bits per heavy atom. The number of β-amino-alcohol motifs (C(OH)–C–C–N with tert-alkyl or cyclic N) is 1. The molecule has 1 aromatic carbocycles. The summed E-state index contributed by atoms with van der Waals surface area (Å²) in [5.74, 6) is -1.66. The molecule has 10 heteroatoms. The van der Waals surface area contributed by atoms with Gasteiger partial charge in [-0.1, -0.05) is 12.1 Å². The number of pyridine rings is 1. The van der Waals surface area contributed by atoms with Gasteiger partial charge in [0.1, 0.15) is 17.1 Å². The first-order chi connectivity index (χ1) is 16.3. The highest BCUT2D eigenvalue weighted by molar-refractivity contribution is 5.92. The highest BCUT2D eigenvalue weighted by Gasteiger charge is 2.38. The van der Waals surface area contributed by atoms with E-state index in [0.717, 1.165) is 37.4 Å². The number of aliphatic hydroxyl groups excluding tert-OH is 1. The number of fused-ring (bicyclic) bond motifs is 1. The lowest BCUT2D eigenvalue weighted by molar-refractivity contribution is -0.143. The maximum Gasteiger partial charge on any atom is 0.311 e. The lowest BCUT2D eigenvalue weighted by atomic mass is 10.1. The molecule has 0 aliphatic carbocycles. The largest absolute Gasteiger partial charge is 0.481 e. The molecule has 0 bridgehead atoms. The molecule has 34 heavy (non-hydrogen) atoms. The minimum absolute atomic E-state index is 0.0719. The van der Waals surface area contributed by atoms with Gasteiger partial charge in [0.2, 0.25) is 0 Å². The van der Waals surface area contributed by atoms with Crippen LogP contribution in [0.2, 0.25) is 0 Å². The summed E-state index contributed by atoms with van der Waals surface area (Å²) in [5.41, 5.74) is 2.88. The van der Waals surface area contributed by atoms with Crippen molar-refractivity contribution in [3.8, 4) is 11.3 Å². The number of anilines is 2. The van der Waals surface area contributed by atoms with E-state index in [1.807, 2.05) is 12.1 Å². The molecule has 0 spiro atoms. The first kappa shape index (κ1) is 22.3. The Labute approximate surface area is 196 Å². The number of aromatic nitrogens is 3. The average Bonchev–Trinajstić information content (AvgIpc) is 3.23. The normalized spacial score (nSPS) is 21.4. The first-order valence-corrected chi connectivity index (χ1v) is 11.4. The van der Waals surface area contributed by atoms with Crippen LogP contribution in [0.3, 0.4) is 0 Å². The Balaban J connectivity index is 1.55. The fraction of sp³-hybridized carbons (Fsp3) is 0.417. The van der Waals surface area contributed by atoms with Gasteiger partial charge in [0.05, 0.1) is 23.6 Å². The van der Waals surface area contributed by atoms with Crippen LogP contribution in [0.1, 0.15) is 0 Å². The van der Waals surface area contributed by atoms with E-state index in [0.29, 0.717) is 22.4 Å². The van der Waals surface area contributed by atoms with E-state index < -0.39 is 18.0 Å². The third-order valence-electron chi connectivity index (χ3n) is 6.82. The highest BCUT2D eigenvalue weighted by Crippen LogP contribution is 2.31. The minimum atomic E-state index is -1.07. The summed E-state index contributed by atoms with van der Waals surface area (Å²) in [6.45, 7) is 4.16. The summed E-state index contributed by atoms with van der Waals surface area (Å²) in [6, 6.07) is 9.94. The number of nitrogens with zero attached hydrogens (tertiary/aromatic N) is 6. The summed E-state index contributed by atoms with van der Waals surface area (Å²) in [6.07, 6.45) is 0.425. The Morgan fingerprint density at radius 3 is 2.38 bits per heavy atom. The number of hydrogen-bond donors (Lipinski definition) is 2. The number of carboxylic acid groups (broad SMARTS) is 1. The number of aliphatic hydroxyl groups is 1. The van der Waals surface area contributed by atoms with Crippen molar-refractivity contribution < 1.29 is 15.0 Å². The van der Waals surface area contributed by atoms with Gasteiger partial charge in [-0.15, -0.1) is 0 Å². The second-order valence-electron chi connectivity index (χ2n) is 9.14. The van der Waals surface area contributed by atoms with Gasteiger partial charge in [-0.2, -0.15) is 0 Å². The van der Waals surface area contributed by atoms with E-state index in [4.69, 9.17) is 4.98 Å². The van der Waals surface area contributed by atoms with E-state index in [2.05, 4.69) is 34.0 Å². The van der Waals surface area contributed by atoms with Crippen LogP contribution in [-0.4, -0.2) is 88.0 Å². The molecule has 5 rings (SSSR count). The summed E-state index contributed by atoms with van der Waals surface area (Å²) in [7, 11) is 3.74. The fourth-order valence-electron chi connectivity index (χ4n) is 4.69. The molecule has 2 saturated heterocycles. The minimum Gasteiger partial charge on any atom is -0.481 e. The van der Waals surface area contributed by atoms with Gasteiger partial charge in [0.25, 0.3) is 5.56 Å². The summed E-state index contributed by atoms with van der Waals surface area (Å²) in [5, 5.41) is 20.1. The molecular weight excluding hydrogens is 436 g/mol. The molecule has 2 N–H and O–H groups in total. The Kier molecular flexibility index (Phi) is 5.70. The topological polar surface area (TPSA) is 115 Å². The molecule has 2 fully saturated rings. The summed E-state index contributed by atoms with van der Waals surface area (Å²) in [4.78, 5) is 40.1. The van der Waals surface area contributed by atoms with Crippen LogP contribution in [0.25, 0.3) is 22.2 Å². The van der Waals surface area contributed by atoms with Crippen LogP contribution in [0.15, 0.2) is 41.5 Å². The second-order valence-corrected chi connectivity index (χ2v) is 9.14. The van der Waals surface area contributed by atoms with E-state index in [1.165, 1.54) is 10.9 Å². The Morgan fingerprint density at radius 2 is 1.74 bits per heavy atom. The molecule has 178 valence electrons. The van der Waals surface area contributed by atoms with Gasteiger partial charge in [0.15, 0.2) is 0 Å². The quantitative estimate of drug-likeness (QED) is 0.574. The SMILES string of the molecule is CN1CCN(c2ccc(-c3cc4ncn(C)c(=O)c4c(N4CC(O)C(C(=O)O)C4)n3)cc2)CC1. The monoisotopic (exact) mass is 464 g/mol. The van der Waals surface area contributed by atoms with Gasteiger partial charge in [-0.3, -0.25) is 9.59 Å². The van der Waals surface area contributed by atoms with Crippen molar-refractivity contribution in [2.45, 2.75) is 6.10 Å². The number of aliphatic carboxylic acids is 1. The van der Waals surface area contributed by atoms with Crippen molar-refractivity contribution in [2.75, 3.05) is 56.1 Å². The zero-order chi connectivity index (χ0) is 24.0. The molecule has 10 nitrogen and oxygen atoms in total. The number of benzene rings is 1.